The molecule has 0 aromatic heterocycles. The molecule has 1 atom stereocenters. The van der Waals surface area contributed by atoms with Gasteiger partial charge >= 0.3 is 0 Å². The van der Waals surface area contributed by atoms with E-state index in [1.165, 1.54) is 15.4 Å². The average molecular weight is 395 g/mol. The molecular weight excluding hydrogens is 373 g/mol. The Morgan fingerprint density at radius 1 is 1.37 bits per heavy atom. The fraction of sp³-hybridized carbons (Fsp3) is 0.571. The fourth-order valence-electron chi connectivity index (χ4n) is 1.98. The predicted molar refractivity (Wildman–Crippen MR) is 89.1 cm³/mol. The van der Waals surface area contributed by atoms with Crippen molar-refractivity contribution in [1.82, 2.24) is 5.32 Å². The Kier molecular flexibility index (Phi) is 7.31. The molecule has 0 fully saturated rings. The maximum absolute atomic E-state index is 11.2. The summed E-state index contributed by atoms with van der Waals surface area (Å²) in [5, 5.41) is 3.50. The molecule has 1 rings (SSSR count). The zero-order valence-corrected chi connectivity index (χ0v) is 14.5. The van der Waals surface area contributed by atoms with Crippen LogP contribution in [0.4, 0.5) is 0 Å². The summed E-state index contributed by atoms with van der Waals surface area (Å²) in [4.78, 5) is 0. The molecule has 0 aliphatic rings. The summed E-state index contributed by atoms with van der Waals surface area (Å²) in [5.74, 6) is 0.265. The number of hydrogen-bond donors (Lipinski definition) is 1. The number of hydrogen-bond acceptors (Lipinski definition) is 3. The second-order valence-electron chi connectivity index (χ2n) is 4.83. The van der Waals surface area contributed by atoms with Crippen LogP contribution in [0.25, 0.3) is 0 Å². The molecule has 5 heteroatoms. The van der Waals surface area contributed by atoms with Gasteiger partial charge in [0.1, 0.15) is 9.84 Å². The maximum Gasteiger partial charge on any atom is 0.147 e. The summed E-state index contributed by atoms with van der Waals surface area (Å²) in [7, 11) is -2.86. The molecule has 0 aliphatic heterocycles. The van der Waals surface area contributed by atoms with E-state index in [0.717, 1.165) is 19.4 Å². The van der Waals surface area contributed by atoms with Gasteiger partial charge in [-0.3, -0.25) is 0 Å². The Labute approximate surface area is 130 Å². The molecule has 1 N–H and O–H groups in total. The van der Waals surface area contributed by atoms with Gasteiger partial charge in [-0.1, -0.05) is 19.1 Å². The van der Waals surface area contributed by atoms with Gasteiger partial charge in [-0.25, -0.2) is 8.42 Å². The van der Waals surface area contributed by atoms with Gasteiger partial charge in [-0.2, -0.15) is 0 Å². The standard InChI is InChI=1S/C14H22INO2S/c1-3-9-16-14(8-5-10-19(2,17)18)12-6-4-7-13(15)11-12/h4,6-7,11,14,16H,3,5,8-10H2,1-2H3. The van der Waals surface area contributed by atoms with Crippen LogP contribution < -0.4 is 5.32 Å². The van der Waals surface area contributed by atoms with Crippen LogP contribution in [0.5, 0.6) is 0 Å². The number of rotatable bonds is 8. The predicted octanol–water partition coefficient (Wildman–Crippen LogP) is 3.16. The molecule has 1 unspecified atom stereocenters. The van der Waals surface area contributed by atoms with Crippen LogP contribution in [0.3, 0.4) is 0 Å². The third kappa shape index (κ3) is 7.27. The Balaban J connectivity index is 2.66. The largest absolute Gasteiger partial charge is 0.310 e. The molecule has 0 spiro atoms. The van der Waals surface area contributed by atoms with Crippen LogP contribution in [-0.4, -0.2) is 27.0 Å². The molecule has 0 radical (unpaired) electrons. The van der Waals surface area contributed by atoms with E-state index in [-0.39, 0.29) is 11.8 Å². The highest BCUT2D eigenvalue weighted by Crippen LogP contribution is 2.21. The first-order chi connectivity index (χ1) is 8.92. The average Bonchev–Trinajstić information content (AvgIpc) is 2.32. The van der Waals surface area contributed by atoms with Gasteiger partial charge in [0.25, 0.3) is 0 Å². The van der Waals surface area contributed by atoms with E-state index in [1.54, 1.807) is 0 Å². The fourth-order valence-corrected chi connectivity index (χ4v) is 3.24. The van der Waals surface area contributed by atoms with Crippen molar-refractivity contribution < 1.29 is 8.42 Å². The van der Waals surface area contributed by atoms with Gasteiger partial charge in [0, 0.05) is 21.6 Å². The van der Waals surface area contributed by atoms with Crippen molar-refractivity contribution in [2.75, 3.05) is 18.6 Å². The van der Waals surface area contributed by atoms with E-state index in [2.05, 4.69) is 53.0 Å². The summed E-state index contributed by atoms with van der Waals surface area (Å²) in [5.41, 5.74) is 1.24. The van der Waals surface area contributed by atoms with E-state index >= 15 is 0 Å². The van der Waals surface area contributed by atoms with Crippen molar-refractivity contribution >= 4 is 32.4 Å². The zero-order valence-electron chi connectivity index (χ0n) is 11.5. The topological polar surface area (TPSA) is 46.2 Å². The van der Waals surface area contributed by atoms with Gasteiger partial charge < -0.3 is 5.32 Å². The van der Waals surface area contributed by atoms with Crippen molar-refractivity contribution in [3.8, 4) is 0 Å². The Morgan fingerprint density at radius 3 is 2.68 bits per heavy atom. The minimum absolute atomic E-state index is 0.247. The molecule has 1 aromatic rings. The Morgan fingerprint density at radius 2 is 2.11 bits per heavy atom. The molecule has 0 heterocycles. The van der Waals surface area contributed by atoms with Gasteiger partial charge in [0.05, 0.1) is 0 Å². The minimum Gasteiger partial charge on any atom is -0.310 e. The highest BCUT2D eigenvalue weighted by atomic mass is 127. The van der Waals surface area contributed by atoms with Crippen molar-refractivity contribution in [1.29, 1.82) is 0 Å². The summed E-state index contributed by atoms with van der Waals surface area (Å²) in [6, 6.07) is 8.63. The SMILES string of the molecule is CCCNC(CCCS(C)(=O)=O)c1cccc(I)c1. The smallest absolute Gasteiger partial charge is 0.147 e. The summed E-state index contributed by atoms with van der Waals surface area (Å²) >= 11 is 2.30. The monoisotopic (exact) mass is 395 g/mol. The summed E-state index contributed by atoms with van der Waals surface area (Å²) in [6.07, 6.45) is 3.93. The molecule has 1 aromatic carbocycles. The molecule has 0 amide bonds. The molecule has 0 bridgehead atoms. The highest BCUT2D eigenvalue weighted by molar-refractivity contribution is 14.1. The zero-order chi connectivity index (χ0) is 14.3. The third-order valence-electron chi connectivity index (χ3n) is 2.90. The lowest BCUT2D eigenvalue weighted by Crippen LogP contribution is -2.23. The lowest BCUT2D eigenvalue weighted by atomic mass is 10.0. The van der Waals surface area contributed by atoms with E-state index in [0.29, 0.717) is 6.42 Å². The lowest BCUT2D eigenvalue weighted by Gasteiger charge is -2.19. The van der Waals surface area contributed by atoms with E-state index in [1.807, 2.05) is 6.07 Å². The minimum atomic E-state index is -2.86. The summed E-state index contributed by atoms with van der Waals surface area (Å²) < 4.78 is 23.6. The second-order valence-corrected chi connectivity index (χ2v) is 8.34. The number of nitrogens with one attached hydrogen (secondary N) is 1. The van der Waals surface area contributed by atoms with E-state index in [9.17, 15) is 8.42 Å². The molecule has 0 saturated carbocycles. The number of benzene rings is 1. The van der Waals surface area contributed by atoms with Crippen LogP contribution >= 0.6 is 22.6 Å². The molecule has 0 aliphatic carbocycles. The van der Waals surface area contributed by atoms with Crippen LogP contribution in [0, 0.1) is 3.57 Å². The quantitative estimate of drug-likeness (QED) is 0.688. The molecule has 19 heavy (non-hydrogen) atoms. The van der Waals surface area contributed by atoms with Gasteiger partial charge in [0.2, 0.25) is 0 Å². The first-order valence-electron chi connectivity index (χ1n) is 6.59. The molecule has 108 valence electrons. The second kappa shape index (κ2) is 8.21. The number of halogens is 1. The van der Waals surface area contributed by atoms with Crippen LogP contribution in [0.1, 0.15) is 37.8 Å². The third-order valence-corrected chi connectivity index (χ3v) is 4.60. The normalized spacial score (nSPS) is 13.4. The van der Waals surface area contributed by atoms with Crippen LogP contribution in [-0.2, 0) is 9.84 Å². The molecular formula is C14H22INO2S. The molecule has 3 nitrogen and oxygen atoms in total. The van der Waals surface area contributed by atoms with E-state index in [4.69, 9.17) is 0 Å². The van der Waals surface area contributed by atoms with Crippen molar-refractivity contribution in [2.24, 2.45) is 0 Å². The molecule has 0 saturated heterocycles. The van der Waals surface area contributed by atoms with Crippen LogP contribution in [0.2, 0.25) is 0 Å². The van der Waals surface area contributed by atoms with Gasteiger partial charge in [-0.05, 0) is 66.1 Å². The van der Waals surface area contributed by atoms with Crippen molar-refractivity contribution in [3.05, 3.63) is 33.4 Å². The first-order valence-corrected chi connectivity index (χ1v) is 9.73. The first kappa shape index (κ1) is 16.9. The van der Waals surface area contributed by atoms with Crippen LogP contribution in [0.15, 0.2) is 24.3 Å². The van der Waals surface area contributed by atoms with Gasteiger partial charge in [0.15, 0.2) is 0 Å². The lowest BCUT2D eigenvalue weighted by molar-refractivity contribution is 0.492. The van der Waals surface area contributed by atoms with Crippen molar-refractivity contribution in [3.63, 3.8) is 0 Å². The summed E-state index contributed by atoms with van der Waals surface area (Å²) in [6.45, 7) is 3.09. The number of sulfone groups is 1. The highest BCUT2D eigenvalue weighted by Gasteiger charge is 2.12. The van der Waals surface area contributed by atoms with E-state index < -0.39 is 9.84 Å². The maximum atomic E-state index is 11.2. The van der Waals surface area contributed by atoms with Gasteiger partial charge in [-0.15, -0.1) is 0 Å². The Bertz CT molecular complexity index is 488. The van der Waals surface area contributed by atoms with Crippen molar-refractivity contribution in [2.45, 2.75) is 32.2 Å². The Hall–Kier alpha value is -0.140.